The largest absolute Gasteiger partial charge is 0.481 e. The van der Waals surface area contributed by atoms with E-state index in [0.717, 1.165) is 11.5 Å². The third-order valence-electron chi connectivity index (χ3n) is 1.91. The van der Waals surface area contributed by atoms with E-state index in [2.05, 4.69) is 38.7 Å². The molecule has 124 valence electrons. The van der Waals surface area contributed by atoms with Gasteiger partial charge in [-0.1, -0.05) is 44.5 Å². The van der Waals surface area contributed by atoms with E-state index in [1.807, 2.05) is 0 Å². The zero-order chi connectivity index (χ0) is 17.1. The molecule has 0 aromatic heterocycles. The van der Waals surface area contributed by atoms with Crippen molar-refractivity contribution in [3.63, 3.8) is 0 Å². The maximum absolute atomic E-state index is 11.3. The lowest BCUT2D eigenvalue weighted by atomic mass is 10.2. The summed E-state index contributed by atoms with van der Waals surface area (Å²) in [5.41, 5.74) is 0.742. The minimum atomic E-state index is -1.05. The highest BCUT2D eigenvalue weighted by atomic mass is 35.5. The third kappa shape index (κ3) is 12.3. The van der Waals surface area contributed by atoms with Crippen LogP contribution in [0.3, 0.4) is 0 Å². The highest BCUT2D eigenvalue weighted by Crippen LogP contribution is 2.11. The molecule has 5 nitrogen and oxygen atoms in total. The van der Waals surface area contributed by atoms with Crippen LogP contribution in [0.5, 0.6) is 0 Å². The second-order valence-electron chi connectivity index (χ2n) is 5.20. The van der Waals surface area contributed by atoms with E-state index in [4.69, 9.17) is 21.4 Å². The zero-order valence-electron chi connectivity index (χ0n) is 12.9. The molecular formula is C15H22ClNO4S. The van der Waals surface area contributed by atoms with E-state index in [-0.39, 0.29) is 13.0 Å². The van der Waals surface area contributed by atoms with Crippen molar-refractivity contribution in [2.45, 2.75) is 39.2 Å². The minimum Gasteiger partial charge on any atom is -0.481 e. The fourth-order valence-corrected chi connectivity index (χ4v) is 1.64. The van der Waals surface area contributed by atoms with Gasteiger partial charge in [0.15, 0.2) is 0 Å². The predicted molar refractivity (Wildman–Crippen MR) is 90.3 cm³/mol. The number of halogens is 1. The first-order valence-corrected chi connectivity index (χ1v) is 7.67. The number of rotatable bonds is 5. The van der Waals surface area contributed by atoms with Gasteiger partial charge in [0.05, 0.1) is 11.8 Å². The molecule has 2 N–H and O–H groups in total. The summed E-state index contributed by atoms with van der Waals surface area (Å²) in [4.78, 5) is 21.6. The van der Waals surface area contributed by atoms with Gasteiger partial charge in [0.2, 0.25) is 0 Å². The summed E-state index contributed by atoms with van der Waals surface area (Å²) in [7, 11) is 0. The van der Waals surface area contributed by atoms with Gasteiger partial charge in [-0.25, -0.2) is 4.79 Å². The van der Waals surface area contributed by atoms with Gasteiger partial charge >= 0.3 is 12.1 Å². The average Bonchev–Trinajstić information content (AvgIpc) is 2.34. The first kappa shape index (κ1) is 20.6. The lowest BCUT2D eigenvalue weighted by molar-refractivity contribution is -0.137. The maximum atomic E-state index is 11.3. The van der Waals surface area contributed by atoms with Crippen LogP contribution in [0, 0.1) is 5.92 Å². The van der Waals surface area contributed by atoms with Crippen molar-refractivity contribution in [3.05, 3.63) is 34.9 Å². The Morgan fingerprint density at radius 1 is 1.36 bits per heavy atom. The summed E-state index contributed by atoms with van der Waals surface area (Å²) >= 11 is 9.66. The maximum Gasteiger partial charge on any atom is 0.408 e. The van der Waals surface area contributed by atoms with E-state index in [0.29, 0.717) is 5.02 Å². The Morgan fingerprint density at radius 3 is 2.45 bits per heavy atom. The van der Waals surface area contributed by atoms with Gasteiger partial charge in [-0.2, -0.15) is 12.6 Å². The van der Waals surface area contributed by atoms with Crippen molar-refractivity contribution in [2.24, 2.45) is 5.92 Å². The summed E-state index contributed by atoms with van der Waals surface area (Å²) < 4.78 is 4.88. The number of hydrogen-bond acceptors (Lipinski definition) is 4. The fraction of sp³-hybridized carbons (Fsp3) is 0.467. The molecule has 1 unspecified atom stereocenters. The van der Waals surface area contributed by atoms with Gasteiger partial charge in [0, 0.05) is 5.02 Å². The molecule has 0 saturated carbocycles. The Labute approximate surface area is 141 Å². The number of amides is 1. The molecular weight excluding hydrogens is 326 g/mol. The van der Waals surface area contributed by atoms with Crippen LogP contribution in [0.25, 0.3) is 0 Å². The van der Waals surface area contributed by atoms with E-state index in [1.54, 1.807) is 24.3 Å². The Bertz CT molecular complexity index is 480. The van der Waals surface area contributed by atoms with Crippen LogP contribution in [0.15, 0.2) is 24.3 Å². The zero-order valence-corrected chi connectivity index (χ0v) is 14.5. The number of hydrogen-bond donors (Lipinski definition) is 3. The van der Waals surface area contributed by atoms with Crippen LogP contribution < -0.4 is 5.32 Å². The Balaban J connectivity index is 0.000000980. The lowest BCUT2D eigenvalue weighted by Crippen LogP contribution is -2.32. The Morgan fingerprint density at radius 2 is 1.95 bits per heavy atom. The molecule has 0 fully saturated rings. The first-order valence-electron chi connectivity index (χ1n) is 6.78. The predicted octanol–water partition coefficient (Wildman–Crippen LogP) is 3.96. The van der Waals surface area contributed by atoms with E-state index >= 15 is 0 Å². The molecule has 0 aliphatic rings. The molecule has 1 atom stereocenters. The van der Waals surface area contributed by atoms with Crippen LogP contribution in [0.4, 0.5) is 4.79 Å². The van der Waals surface area contributed by atoms with Crippen molar-refractivity contribution >= 4 is 36.3 Å². The number of carbonyl (C=O) groups excluding carboxylic acids is 1. The van der Waals surface area contributed by atoms with Crippen molar-refractivity contribution in [1.29, 1.82) is 0 Å². The monoisotopic (exact) mass is 347 g/mol. The number of nitrogens with one attached hydrogen (secondary N) is 1. The van der Waals surface area contributed by atoms with Crippen molar-refractivity contribution in [1.82, 2.24) is 5.32 Å². The van der Waals surface area contributed by atoms with Crippen LogP contribution in [-0.2, 0) is 16.1 Å². The van der Waals surface area contributed by atoms with E-state index in [9.17, 15) is 9.59 Å². The SMILES string of the molecule is CC(C)C.O=C(O)CC(S)NC(=O)OCc1cccc(Cl)c1. The quantitative estimate of drug-likeness (QED) is 0.556. The molecule has 1 aromatic rings. The van der Waals surface area contributed by atoms with Gasteiger partial charge in [0.25, 0.3) is 0 Å². The summed E-state index contributed by atoms with van der Waals surface area (Å²) in [5, 5.41) is 10.5. The van der Waals surface area contributed by atoms with Gasteiger partial charge < -0.3 is 15.2 Å². The molecule has 0 saturated heterocycles. The Kier molecular flexibility index (Phi) is 10.5. The summed E-state index contributed by atoms with van der Waals surface area (Å²) in [6.07, 6.45) is -1.01. The smallest absolute Gasteiger partial charge is 0.408 e. The number of carbonyl (C=O) groups is 2. The molecule has 1 amide bonds. The van der Waals surface area contributed by atoms with Gasteiger partial charge in [-0.15, -0.1) is 0 Å². The minimum absolute atomic E-state index is 0.0555. The van der Waals surface area contributed by atoms with Crippen LogP contribution in [0.2, 0.25) is 5.02 Å². The first-order chi connectivity index (χ1) is 10.2. The van der Waals surface area contributed by atoms with Gasteiger partial charge in [-0.3, -0.25) is 4.79 Å². The number of ether oxygens (including phenoxy) is 1. The van der Waals surface area contributed by atoms with Crippen molar-refractivity contribution in [3.8, 4) is 0 Å². The van der Waals surface area contributed by atoms with Gasteiger partial charge in [-0.05, 0) is 23.6 Å². The number of thiol groups is 1. The van der Waals surface area contributed by atoms with E-state index < -0.39 is 17.4 Å². The van der Waals surface area contributed by atoms with Crippen LogP contribution >= 0.6 is 24.2 Å². The van der Waals surface area contributed by atoms with Crippen molar-refractivity contribution in [2.75, 3.05) is 0 Å². The average molecular weight is 348 g/mol. The number of carboxylic acid groups (broad SMARTS) is 1. The highest BCUT2D eigenvalue weighted by molar-refractivity contribution is 7.80. The highest BCUT2D eigenvalue weighted by Gasteiger charge is 2.12. The lowest BCUT2D eigenvalue weighted by Gasteiger charge is -2.11. The molecule has 22 heavy (non-hydrogen) atoms. The summed E-state index contributed by atoms with van der Waals surface area (Å²) in [6.45, 7) is 6.56. The number of carboxylic acids is 1. The topological polar surface area (TPSA) is 75.6 Å². The van der Waals surface area contributed by atoms with Crippen molar-refractivity contribution < 1.29 is 19.4 Å². The van der Waals surface area contributed by atoms with Gasteiger partial charge in [0.1, 0.15) is 6.61 Å². The number of alkyl carbamates (subject to hydrolysis) is 1. The molecule has 7 heteroatoms. The molecule has 0 aliphatic carbocycles. The summed E-state index contributed by atoms with van der Waals surface area (Å²) in [5.74, 6) is -0.217. The second kappa shape index (κ2) is 11.2. The molecule has 0 bridgehead atoms. The number of aliphatic carboxylic acids is 1. The Hall–Kier alpha value is -1.40. The molecule has 0 heterocycles. The third-order valence-corrected chi connectivity index (χ3v) is 2.46. The second-order valence-corrected chi connectivity index (χ2v) is 6.26. The number of benzene rings is 1. The molecule has 0 aliphatic heterocycles. The van der Waals surface area contributed by atoms with E-state index in [1.165, 1.54) is 0 Å². The normalized spacial score (nSPS) is 11.2. The fourth-order valence-electron chi connectivity index (χ4n) is 1.17. The molecule has 0 spiro atoms. The molecule has 1 aromatic carbocycles. The molecule has 1 rings (SSSR count). The molecule has 0 radical (unpaired) electrons. The summed E-state index contributed by atoms with van der Waals surface area (Å²) in [6, 6.07) is 6.88. The van der Waals surface area contributed by atoms with Crippen LogP contribution in [-0.4, -0.2) is 22.5 Å². The van der Waals surface area contributed by atoms with Crippen LogP contribution in [0.1, 0.15) is 32.8 Å². The standard InChI is InChI=1S/C11H12ClNO4S.C4H10/c12-8-3-1-2-7(4-8)6-17-11(16)13-9(18)5-10(14)15;1-4(2)3/h1-4,9,18H,5-6H2,(H,13,16)(H,14,15);4H,1-3H3.